The quantitative estimate of drug-likeness (QED) is 0.203. The molecule has 10 nitrogen and oxygen atoms in total. The molecule has 228 valence electrons. The molecule has 1 heterocycles. The molecule has 14 heteroatoms. The van der Waals surface area contributed by atoms with Crippen LogP contribution in [0.5, 0.6) is 11.5 Å². The van der Waals surface area contributed by atoms with E-state index < -0.39 is 41.0 Å². The lowest BCUT2D eigenvalue weighted by Crippen LogP contribution is -2.27. The molecule has 2 aromatic carbocycles. The topological polar surface area (TPSA) is 126 Å². The van der Waals surface area contributed by atoms with Crippen molar-refractivity contribution in [2.45, 2.75) is 38.3 Å². The van der Waals surface area contributed by atoms with Crippen LogP contribution in [-0.4, -0.2) is 49.9 Å². The van der Waals surface area contributed by atoms with E-state index in [1.165, 1.54) is 24.6 Å². The van der Waals surface area contributed by atoms with Gasteiger partial charge in [0.15, 0.2) is 17.5 Å². The molecule has 1 aromatic heterocycles. The molecule has 0 unspecified atom stereocenters. The molecule has 2 aliphatic carbocycles. The molecular formula is C29H28F3N3O7S. The van der Waals surface area contributed by atoms with Gasteiger partial charge in [0, 0.05) is 17.5 Å². The Balaban J connectivity index is 1.43. The van der Waals surface area contributed by atoms with Crippen LogP contribution in [-0.2, 0) is 11.3 Å². The van der Waals surface area contributed by atoms with Crippen molar-refractivity contribution >= 4 is 46.4 Å². The van der Waals surface area contributed by atoms with Gasteiger partial charge in [-0.15, -0.1) is 11.3 Å². The largest absolute Gasteiger partial charge is 0.494 e. The minimum absolute atomic E-state index is 0.00579. The number of halogens is 3. The monoisotopic (exact) mass is 619 g/mol. The standard InChI is InChI=1S/C29H28F3N3O7S/c1-40-23-9-18(31)19(33-29(39)34-20-13-43-26(28(38)41-2)24(20)27(36)37)10-21(23)35(15-5-6-15)11-16-22(42-12-14-3-4-14)8-7-17(30)25(16)32/h7-10,13-15H,3-6,11-12H2,1-2H3,(H,36,37)(H2,33,34,39). The van der Waals surface area contributed by atoms with Gasteiger partial charge in [-0.1, -0.05) is 0 Å². The van der Waals surface area contributed by atoms with Crippen LogP contribution < -0.4 is 25.0 Å². The summed E-state index contributed by atoms with van der Waals surface area (Å²) in [4.78, 5) is 38.1. The zero-order valence-electron chi connectivity index (χ0n) is 23.2. The summed E-state index contributed by atoms with van der Waals surface area (Å²) in [7, 11) is 2.42. The number of urea groups is 1. The van der Waals surface area contributed by atoms with Crippen LogP contribution >= 0.6 is 11.3 Å². The number of carbonyl (C=O) groups is 3. The number of benzene rings is 2. The van der Waals surface area contributed by atoms with E-state index >= 15 is 8.78 Å². The third-order valence-electron chi connectivity index (χ3n) is 7.09. The number of methoxy groups -OCH3 is 2. The van der Waals surface area contributed by atoms with E-state index in [1.807, 2.05) is 0 Å². The molecule has 3 N–H and O–H groups in total. The van der Waals surface area contributed by atoms with Crippen molar-refractivity contribution in [3.05, 3.63) is 63.1 Å². The highest BCUT2D eigenvalue weighted by atomic mass is 32.1. The van der Waals surface area contributed by atoms with E-state index in [0.717, 1.165) is 56.3 Å². The minimum atomic E-state index is -1.47. The highest BCUT2D eigenvalue weighted by Crippen LogP contribution is 2.42. The maximum absolute atomic E-state index is 15.1. The number of ether oxygens (including phenoxy) is 3. The fraction of sp³-hybridized carbons (Fsp3) is 0.345. The number of anilines is 3. The lowest BCUT2D eigenvalue weighted by molar-refractivity contribution is 0.0589. The number of rotatable bonds is 12. The predicted octanol–water partition coefficient (Wildman–Crippen LogP) is 6.26. The fourth-order valence-corrected chi connectivity index (χ4v) is 5.43. The maximum atomic E-state index is 15.1. The van der Waals surface area contributed by atoms with Gasteiger partial charge in [-0.05, 0) is 49.8 Å². The lowest BCUT2D eigenvalue weighted by atomic mass is 10.1. The van der Waals surface area contributed by atoms with Crippen LogP contribution in [0.2, 0.25) is 0 Å². The zero-order chi connectivity index (χ0) is 30.8. The van der Waals surface area contributed by atoms with Gasteiger partial charge in [-0.2, -0.15) is 0 Å². The summed E-state index contributed by atoms with van der Waals surface area (Å²) in [6.07, 6.45) is 3.49. The highest BCUT2D eigenvalue weighted by molar-refractivity contribution is 7.13. The molecule has 0 atom stereocenters. The number of hydrogen-bond acceptors (Lipinski definition) is 8. The molecule has 0 radical (unpaired) electrons. The molecule has 0 aliphatic heterocycles. The van der Waals surface area contributed by atoms with E-state index in [4.69, 9.17) is 9.47 Å². The van der Waals surface area contributed by atoms with Crippen molar-refractivity contribution in [2.24, 2.45) is 5.92 Å². The molecule has 0 spiro atoms. The first-order chi connectivity index (χ1) is 20.6. The lowest BCUT2D eigenvalue weighted by Gasteiger charge is -2.28. The van der Waals surface area contributed by atoms with Crippen LogP contribution in [0.25, 0.3) is 0 Å². The normalized spacial score (nSPS) is 14.2. The SMILES string of the molecule is COC(=O)c1scc(NC(=O)Nc2cc(N(Cc3c(OCC4CC4)ccc(F)c3F)C3CC3)c(OC)cc2F)c1C(=O)O. The van der Waals surface area contributed by atoms with Crippen LogP contribution in [0.1, 0.15) is 51.3 Å². The number of thiophene rings is 1. The van der Waals surface area contributed by atoms with Crippen molar-refractivity contribution in [3.8, 4) is 11.5 Å². The van der Waals surface area contributed by atoms with E-state index in [9.17, 15) is 23.9 Å². The smallest absolute Gasteiger partial charge is 0.349 e. The summed E-state index contributed by atoms with van der Waals surface area (Å²) in [5, 5.41) is 15.5. The van der Waals surface area contributed by atoms with E-state index in [2.05, 4.69) is 15.4 Å². The first-order valence-electron chi connectivity index (χ1n) is 13.4. The molecular weight excluding hydrogens is 591 g/mol. The number of carboxylic acid groups (broad SMARTS) is 1. The number of amides is 2. The second kappa shape index (κ2) is 12.4. The van der Waals surface area contributed by atoms with Gasteiger partial charge in [-0.3, -0.25) is 0 Å². The van der Waals surface area contributed by atoms with Gasteiger partial charge in [0.1, 0.15) is 21.9 Å². The summed E-state index contributed by atoms with van der Waals surface area (Å²) in [6.45, 7) is 0.272. The van der Waals surface area contributed by atoms with Crippen molar-refractivity contribution in [1.29, 1.82) is 0 Å². The number of aromatic carboxylic acids is 1. The first-order valence-corrected chi connectivity index (χ1v) is 14.2. The molecule has 2 fully saturated rings. The summed E-state index contributed by atoms with van der Waals surface area (Å²) >= 11 is 0.760. The maximum Gasteiger partial charge on any atom is 0.349 e. The zero-order valence-corrected chi connectivity index (χ0v) is 24.0. The Kier molecular flexibility index (Phi) is 8.67. The molecule has 2 amide bonds. The molecule has 5 rings (SSSR count). The Morgan fingerprint density at radius 1 is 1.00 bits per heavy atom. The summed E-state index contributed by atoms with van der Waals surface area (Å²) < 4.78 is 60.4. The highest BCUT2D eigenvalue weighted by Gasteiger charge is 2.34. The molecule has 3 aromatic rings. The summed E-state index contributed by atoms with van der Waals surface area (Å²) in [5.41, 5.74) is -0.632. The first kappa shape index (κ1) is 30.0. The van der Waals surface area contributed by atoms with Crippen LogP contribution in [0.4, 0.5) is 35.0 Å². The Labute approximate surface area is 248 Å². The van der Waals surface area contributed by atoms with Gasteiger partial charge < -0.3 is 34.9 Å². The van der Waals surface area contributed by atoms with Gasteiger partial charge in [0.2, 0.25) is 0 Å². The number of esters is 1. The minimum Gasteiger partial charge on any atom is -0.494 e. The summed E-state index contributed by atoms with van der Waals surface area (Å²) in [5.74, 6) is -4.61. The van der Waals surface area contributed by atoms with Gasteiger partial charge in [-0.25, -0.2) is 27.6 Å². The fourth-order valence-electron chi connectivity index (χ4n) is 4.53. The van der Waals surface area contributed by atoms with Crippen LogP contribution in [0, 0.1) is 23.4 Å². The molecule has 0 bridgehead atoms. The van der Waals surface area contributed by atoms with E-state index in [1.54, 1.807) is 4.90 Å². The number of carbonyl (C=O) groups excluding carboxylic acids is 2. The van der Waals surface area contributed by atoms with Crippen LogP contribution in [0.15, 0.2) is 29.6 Å². The molecule has 2 aliphatic rings. The number of nitrogens with one attached hydrogen (secondary N) is 2. The molecule has 2 saturated carbocycles. The van der Waals surface area contributed by atoms with Crippen molar-refractivity contribution in [3.63, 3.8) is 0 Å². The Morgan fingerprint density at radius 2 is 1.72 bits per heavy atom. The third-order valence-corrected chi connectivity index (χ3v) is 8.05. The van der Waals surface area contributed by atoms with E-state index in [-0.39, 0.29) is 45.9 Å². The Bertz CT molecular complexity index is 1570. The second-order valence-corrected chi connectivity index (χ2v) is 11.1. The predicted molar refractivity (Wildman–Crippen MR) is 152 cm³/mol. The Hall–Kier alpha value is -4.46. The third kappa shape index (κ3) is 6.63. The summed E-state index contributed by atoms with van der Waals surface area (Å²) in [6, 6.07) is 3.67. The van der Waals surface area contributed by atoms with Gasteiger partial charge in [0.05, 0.1) is 50.0 Å². The van der Waals surface area contributed by atoms with Crippen molar-refractivity contribution in [2.75, 3.05) is 36.4 Å². The van der Waals surface area contributed by atoms with Crippen molar-refractivity contribution < 1.29 is 46.9 Å². The van der Waals surface area contributed by atoms with Gasteiger partial charge in [0.25, 0.3) is 0 Å². The average molecular weight is 620 g/mol. The van der Waals surface area contributed by atoms with Gasteiger partial charge >= 0.3 is 18.0 Å². The molecule has 0 saturated heterocycles. The molecule has 43 heavy (non-hydrogen) atoms. The Morgan fingerprint density at radius 3 is 2.35 bits per heavy atom. The average Bonchev–Trinajstić information content (AvgIpc) is 3.92. The van der Waals surface area contributed by atoms with Crippen molar-refractivity contribution in [1.82, 2.24) is 0 Å². The number of hydrogen-bond donors (Lipinski definition) is 3. The number of carboxylic acids is 1. The number of nitrogens with zero attached hydrogens (tertiary/aromatic N) is 1. The second-order valence-electron chi connectivity index (χ2n) is 10.2. The van der Waals surface area contributed by atoms with E-state index in [0.29, 0.717) is 18.2 Å². The van der Waals surface area contributed by atoms with Crippen LogP contribution in [0.3, 0.4) is 0 Å².